The number of thiophene rings is 1. The molecule has 4 nitrogen and oxygen atoms in total. The molecule has 0 aliphatic heterocycles. The number of nitrogens with one attached hydrogen (secondary N) is 1. The summed E-state index contributed by atoms with van der Waals surface area (Å²) < 4.78 is 0.678. The van der Waals surface area contributed by atoms with Gasteiger partial charge in [-0.1, -0.05) is 23.8 Å². The monoisotopic (exact) mass is 325 g/mol. The van der Waals surface area contributed by atoms with Crippen LogP contribution in [-0.2, 0) is 9.59 Å². The summed E-state index contributed by atoms with van der Waals surface area (Å²) in [6, 6.07) is 3.52. The lowest BCUT2D eigenvalue weighted by atomic mass is 9.82. The first-order valence-corrected chi connectivity index (χ1v) is 8.13. The van der Waals surface area contributed by atoms with Crippen molar-refractivity contribution in [1.82, 2.24) is 5.32 Å². The zero-order valence-corrected chi connectivity index (χ0v) is 13.0. The van der Waals surface area contributed by atoms with Crippen LogP contribution in [0, 0.1) is 23.7 Å². The highest BCUT2D eigenvalue weighted by molar-refractivity contribution is 7.16. The molecule has 5 atom stereocenters. The van der Waals surface area contributed by atoms with Crippen LogP contribution in [0.1, 0.15) is 24.3 Å². The summed E-state index contributed by atoms with van der Waals surface area (Å²) in [4.78, 5) is 24.9. The van der Waals surface area contributed by atoms with Gasteiger partial charge in [0.1, 0.15) is 0 Å². The van der Waals surface area contributed by atoms with E-state index in [1.165, 1.54) is 11.3 Å². The van der Waals surface area contributed by atoms with Crippen LogP contribution in [0.4, 0.5) is 0 Å². The summed E-state index contributed by atoms with van der Waals surface area (Å²) in [5, 5.41) is 12.3. The van der Waals surface area contributed by atoms with Gasteiger partial charge in [-0.25, -0.2) is 0 Å². The normalized spacial score (nSPS) is 31.3. The molecule has 2 N–H and O–H groups in total. The molecular formula is C15H16ClNO3S. The summed E-state index contributed by atoms with van der Waals surface area (Å²) in [6.45, 7) is 1.89. The minimum absolute atomic E-state index is 0.00487. The Morgan fingerprint density at radius 2 is 2.00 bits per heavy atom. The van der Waals surface area contributed by atoms with Crippen molar-refractivity contribution in [2.75, 3.05) is 0 Å². The van der Waals surface area contributed by atoms with Gasteiger partial charge in [0.25, 0.3) is 0 Å². The molecule has 0 spiro atoms. The summed E-state index contributed by atoms with van der Waals surface area (Å²) in [5.74, 6) is -2.06. The number of halogens is 1. The number of amides is 1. The van der Waals surface area contributed by atoms with Gasteiger partial charge in [-0.2, -0.15) is 0 Å². The molecule has 2 aliphatic rings. The lowest BCUT2D eigenvalue weighted by Gasteiger charge is -2.25. The zero-order valence-electron chi connectivity index (χ0n) is 11.5. The fraction of sp³-hybridized carbons (Fsp3) is 0.467. The smallest absolute Gasteiger partial charge is 0.307 e. The van der Waals surface area contributed by atoms with Crippen molar-refractivity contribution < 1.29 is 14.7 Å². The second kappa shape index (κ2) is 5.46. The van der Waals surface area contributed by atoms with Crippen LogP contribution in [-0.4, -0.2) is 17.0 Å². The Bertz CT molecular complexity index is 612. The average Bonchev–Trinajstić information content (AvgIpc) is 3.12. The van der Waals surface area contributed by atoms with Crippen molar-refractivity contribution in [3.05, 3.63) is 33.5 Å². The molecule has 0 radical (unpaired) electrons. The Morgan fingerprint density at radius 3 is 2.57 bits per heavy atom. The highest BCUT2D eigenvalue weighted by Gasteiger charge is 2.51. The molecule has 112 valence electrons. The van der Waals surface area contributed by atoms with E-state index in [1.807, 2.05) is 25.1 Å². The van der Waals surface area contributed by atoms with E-state index < -0.39 is 17.8 Å². The molecular weight excluding hydrogens is 310 g/mol. The van der Waals surface area contributed by atoms with Crippen LogP contribution in [0.25, 0.3) is 0 Å². The van der Waals surface area contributed by atoms with E-state index in [-0.39, 0.29) is 23.8 Å². The molecule has 0 aromatic carbocycles. The van der Waals surface area contributed by atoms with Gasteiger partial charge < -0.3 is 10.4 Å². The average molecular weight is 326 g/mol. The van der Waals surface area contributed by atoms with E-state index in [4.69, 9.17) is 11.6 Å². The molecule has 2 bridgehead atoms. The zero-order chi connectivity index (χ0) is 15.1. The molecule has 0 saturated heterocycles. The molecule has 2 aliphatic carbocycles. The maximum Gasteiger partial charge on any atom is 0.307 e. The minimum atomic E-state index is -0.876. The molecule has 1 aromatic heterocycles. The van der Waals surface area contributed by atoms with Gasteiger partial charge in [-0.15, -0.1) is 11.3 Å². The van der Waals surface area contributed by atoms with Gasteiger partial charge in [0.15, 0.2) is 0 Å². The third-order valence-electron chi connectivity index (χ3n) is 4.43. The van der Waals surface area contributed by atoms with Crippen LogP contribution >= 0.6 is 22.9 Å². The summed E-state index contributed by atoms with van der Waals surface area (Å²) in [7, 11) is 0. The summed E-state index contributed by atoms with van der Waals surface area (Å²) >= 11 is 7.33. The van der Waals surface area contributed by atoms with Crippen LogP contribution < -0.4 is 5.32 Å². The number of allylic oxidation sites excluding steroid dienone is 2. The van der Waals surface area contributed by atoms with Crippen molar-refractivity contribution in [3.8, 4) is 0 Å². The molecule has 21 heavy (non-hydrogen) atoms. The summed E-state index contributed by atoms with van der Waals surface area (Å²) in [6.07, 6.45) is 4.70. The van der Waals surface area contributed by atoms with Gasteiger partial charge in [-0.05, 0) is 37.3 Å². The fourth-order valence-corrected chi connectivity index (χ4v) is 4.52. The first-order chi connectivity index (χ1) is 9.97. The quantitative estimate of drug-likeness (QED) is 0.836. The second-order valence-corrected chi connectivity index (χ2v) is 7.46. The first-order valence-electron chi connectivity index (χ1n) is 6.94. The number of carboxylic acids is 1. The van der Waals surface area contributed by atoms with Gasteiger partial charge >= 0.3 is 5.97 Å². The van der Waals surface area contributed by atoms with Gasteiger partial charge in [0.05, 0.1) is 22.2 Å². The molecule has 1 amide bonds. The number of hydrogen-bond acceptors (Lipinski definition) is 3. The van der Waals surface area contributed by atoms with E-state index in [1.54, 1.807) is 6.07 Å². The largest absolute Gasteiger partial charge is 0.481 e. The lowest BCUT2D eigenvalue weighted by molar-refractivity contribution is -0.148. The highest BCUT2D eigenvalue weighted by Crippen LogP contribution is 2.48. The van der Waals surface area contributed by atoms with Crippen molar-refractivity contribution in [2.45, 2.75) is 19.4 Å². The minimum Gasteiger partial charge on any atom is -0.481 e. The fourth-order valence-electron chi connectivity index (χ4n) is 3.46. The number of hydrogen-bond donors (Lipinski definition) is 2. The van der Waals surface area contributed by atoms with Crippen LogP contribution in [0.3, 0.4) is 0 Å². The number of carbonyl (C=O) groups excluding carboxylic acids is 1. The Hall–Kier alpha value is -1.33. The third kappa shape index (κ3) is 2.60. The highest BCUT2D eigenvalue weighted by atomic mass is 35.5. The predicted molar refractivity (Wildman–Crippen MR) is 81.2 cm³/mol. The van der Waals surface area contributed by atoms with E-state index in [9.17, 15) is 14.7 Å². The standard InChI is InChI=1S/C15H16ClNO3S/c1-7(10-4-5-11(16)21-10)17-14(18)12-8-2-3-9(6-8)13(12)15(19)20/h2-5,7-9,12-13H,6H2,1H3,(H,17,18)(H,19,20)/t7?,8?,9?,12-,13+/m0/s1. The molecule has 3 unspecified atom stereocenters. The Balaban J connectivity index is 1.73. The van der Waals surface area contributed by atoms with Crippen molar-refractivity contribution in [2.24, 2.45) is 23.7 Å². The van der Waals surface area contributed by atoms with E-state index in [0.717, 1.165) is 11.3 Å². The molecule has 1 aromatic rings. The predicted octanol–water partition coefficient (Wildman–Crippen LogP) is 3.10. The molecule has 3 rings (SSSR count). The Kier molecular flexibility index (Phi) is 3.80. The molecule has 6 heteroatoms. The molecule has 1 saturated carbocycles. The van der Waals surface area contributed by atoms with Crippen LogP contribution in [0.5, 0.6) is 0 Å². The number of rotatable bonds is 4. The molecule has 1 heterocycles. The molecule has 1 fully saturated rings. The van der Waals surface area contributed by atoms with Crippen molar-refractivity contribution >= 4 is 34.8 Å². The van der Waals surface area contributed by atoms with Gasteiger partial charge in [0, 0.05) is 4.88 Å². The SMILES string of the molecule is CC(NC(=O)[C@H]1C2C=CC(C2)[C@H]1C(=O)O)c1ccc(Cl)s1. The van der Waals surface area contributed by atoms with Crippen LogP contribution in [0.15, 0.2) is 24.3 Å². The number of carboxylic acid groups (broad SMARTS) is 1. The summed E-state index contributed by atoms with van der Waals surface area (Å²) in [5.41, 5.74) is 0. The van der Waals surface area contributed by atoms with Crippen molar-refractivity contribution in [3.63, 3.8) is 0 Å². The number of fused-ring (bicyclic) bond motifs is 2. The van der Waals surface area contributed by atoms with Crippen molar-refractivity contribution in [1.29, 1.82) is 0 Å². The van der Waals surface area contributed by atoms with E-state index in [0.29, 0.717) is 4.34 Å². The second-order valence-electron chi connectivity index (χ2n) is 5.71. The van der Waals surface area contributed by atoms with Crippen LogP contribution in [0.2, 0.25) is 4.34 Å². The topological polar surface area (TPSA) is 66.4 Å². The maximum absolute atomic E-state index is 12.5. The Labute approximate surface area is 131 Å². The van der Waals surface area contributed by atoms with E-state index >= 15 is 0 Å². The Morgan fingerprint density at radius 1 is 1.33 bits per heavy atom. The third-order valence-corrected chi connectivity index (χ3v) is 5.84. The van der Waals surface area contributed by atoms with Gasteiger partial charge in [-0.3, -0.25) is 9.59 Å². The lowest BCUT2D eigenvalue weighted by Crippen LogP contribution is -2.40. The van der Waals surface area contributed by atoms with E-state index in [2.05, 4.69) is 5.32 Å². The number of carbonyl (C=O) groups is 2. The number of aliphatic carboxylic acids is 1. The maximum atomic E-state index is 12.5. The first kappa shape index (κ1) is 14.6. The van der Waals surface area contributed by atoms with Gasteiger partial charge in [0.2, 0.25) is 5.91 Å².